The van der Waals surface area contributed by atoms with E-state index in [9.17, 15) is 19.1 Å². The van der Waals surface area contributed by atoms with Crippen LogP contribution in [-0.2, 0) is 29.2 Å². The number of carboxylic acid groups (broad SMARTS) is 1. The lowest BCUT2D eigenvalue weighted by Gasteiger charge is -2.37. The van der Waals surface area contributed by atoms with Crippen LogP contribution in [0.4, 0.5) is 4.39 Å². The minimum atomic E-state index is -1.12. The normalized spacial score (nSPS) is 15.2. The van der Waals surface area contributed by atoms with Gasteiger partial charge in [-0.25, -0.2) is 9.18 Å². The Bertz CT molecular complexity index is 1460. The number of carboxylic acids is 1. The Kier molecular flexibility index (Phi) is 7.59. The summed E-state index contributed by atoms with van der Waals surface area (Å²) in [6.45, 7) is 2.36. The third kappa shape index (κ3) is 5.77. The number of nitrogens with zero attached hydrogens (tertiary/aromatic N) is 1. The van der Waals surface area contributed by atoms with Crippen molar-refractivity contribution in [3.63, 3.8) is 0 Å². The topological polar surface area (TPSA) is 76.1 Å². The molecule has 0 spiro atoms. The van der Waals surface area contributed by atoms with Crippen LogP contribution >= 0.6 is 0 Å². The molecule has 4 aromatic carbocycles. The SMILES string of the molecule is Cc1ccc2c(c1OCc1ccccc1)CC(C(=O)O)N(C(=O)C(Oc1ccc(F)cc1)c1ccccc1)C2. The Labute approximate surface area is 226 Å². The largest absolute Gasteiger partial charge is 0.488 e. The summed E-state index contributed by atoms with van der Waals surface area (Å²) >= 11 is 0. The zero-order valence-electron chi connectivity index (χ0n) is 21.4. The standard InChI is InChI=1S/C32H28FNO5/c1-21-12-13-24-19-34(28(32(36)37)18-27(24)29(21)38-20-22-8-4-2-5-9-22)31(35)30(23-10-6-3-7-11-23)39-26-16-14-25(33)15-17-26/h2-17,28,30H,18-20H2,1H3,(H,36,37). The number of hydrogen-bond acceptors (Lipinski definition) is 4. The van der Waals surface area contributed by atoms with Crippen LogP contribution in [0.15, 0.2) is 97.1 Å². The fourth-order valence-electron chi connectivity index (χ4n) is 4.83. The zero-order valence-corrected chi connectivity index (χ0v) is 21.4. The van der Waals surface area contributed by atoms with Gasteiger partial charge in [0.15, 0.2) is 0 Å². The molecule has 2 unspecified atom stereocenters. The molecule has 6 nitrogen and oxygen atoms in total. The van der Waals surface area contributed by atoms with E-state index in [1.807, 2.05) is 55.5 Å². The van der Waals surface area contributed by atoms with Gasteiger partial charge in [-0.2, -0.15) is 0 Å². The third-order valence-corrected chi connectivity index (χ3v) is 6.86. The van der Waals surface area contributed by atoms with Gasteiger partial charge >= 0.3 is 5.97 Å². The molecule has 0 radical (unpaired) electrons. The van der Waals surface area contributed by atoms with Crippen molar-refractivity contribution in [2.24, 2.45) is 0 Å². The molecule has 0 saturated heterocycles. The van der Waals surface area contributed by atoms with E-state index in [0.717, 1.165) is 22.3 Å². The highest BCUT2D eigenvalue weighted by atomic mass is 19.1. The first-order valence-electron chi connectivity index (χ1n) is 12.7. The number of carbonyl (C=O) groups is 2. The Morgan fingerprint density at radius 3 is 2.28 bits per heavy atom. The average molecular weight is 526 g/mol. The van der Waals surface area contributed by atoms with Crippen LogP contribution in [0.1, 0.15) is 33.9 Å². The predicted octanol–water partition coefficient (Wildman–Crippen LogP) is 5.87. The fourth-order valence-corrected chi connectivity index (χ4v) is 4.83. The molecule has 5 rings (SSSR count). The highest BCUT2D eigenvalue weighted by molar-refractivity contribution is 5.88. The van der Waals surface area contributed by atoms with Crippen LogP contribution < -0.4 is 9.47 Å². The number of halogens is 1. The molecule has 4 aromatic rings. The van der Waals surface area contributed by atoms with E-state index in [1.165, 1.54) is 29.2 Å². The molecule has 1 N–H and O–H groups in total. The number of hydrogen-bond donors (Lipinski definition) is 1. The lowest BCUT2D eigenvalue weighted by Crippen LogP contribution is -2.51. The quantitative estimate of drug-likeness (QED) is 0.311. The fraction of sp³-hybridized carbons (Fsp3) is 0.188. The molecule has 1 aliphatic rings. The van der Waals surface area contributed by atoms with Crippen molar-refractivity contribution in [3.8, 4) is 11.5 Å². The van der Waals surface area contributed by atoms with Gasteiger partial charge in [-0.05, 0) is 47.9 Å². The molecule has 0 saturated carbocycles. The van der Waals surface area contributed by atoms with Gasteiger partial charge in [-0.15, -0.1) is 0 Å². The molecule has 1 aliphatic heterocycles. The van der Waals surface area contributed by atoms with Crippen LogP contribution in [0.25, 0.3) is 0 Å². The van der Waals surface area contributed by atoms with Gasteiger partial charge in [-0.3, -0.25) is 4.79 Å². The molecular weight excluding hydrogens is 497 g/mol. The van der Waals surface area contributed by atoms with Crippen LogP contribution in [0, 0.1) is 12.7 Å². The van der Waals surface area contributed by atoms with Gasteiger partial charge in [0, 0.05) is 24.1 Å². The van der Waals surface area contributed by atoms with E-state index in [0.29, 0.717) is 23.7 Å². The number of ether oxygens (including phenoxy) is 2. The van der Waals surface area contributed by atoms with Crippen molar-refractivity contribution in [3.05, 3.63) is 131 Å². The summed E-state index contributed by atoms with van der Waals surface area (Å²) in [4.78, 5) is 27.8. The second-order valence-electron chi connectivity index (χ2n) is 9.51. The molecule has 198 valence electrons. The monoisotopic (exact) mass is 525 g/mol. The van der Waals surface area contributed by atoms with Crippen molar-refractivity contribution in [1.82, 2.24) is 4.90 Å². The van der Waals surface area contributed by atoms with E-state index in [1.54, 1.807) is 24.3 Å². The van der Waals surface area contributed by atoms with Crippen LogP contribution in [-0.4, -0.2) is 27.9 Å². The van der Waals surface area contributed by atoms with Crippen LogP contribution in [0.2, 0.25) is 0 Å². The number of aryl methyl sites for hydroxylation is 1. The van der Waals surface area contributed by atoms with Gasteiger partial charge in [-0.1, -0.05) is 72.8 Å². The molecule has 2 atom stereocenters. The number of aliphatic carboxylic acids is 1. The molecule has 39 heavy (non-hydrogen) atoms. The Balaban J connectivity index is 1.47. The lowest BCUT2D eigenvalue weighted by molar-refractivity contribution is -0.155. The maximum absolute atomic E-state index is 14.0. The molecule has 0 aromatic heterocycles. The van der Waals surface area contributed by atoms with Crippen LogP contribution in [0.5, 0.6) is 11.5 Å². The minimum Gasteiger partial charge on any atom is -0.488 e. The predicted molar refractivity (Wildman–Crippen MR) is 144 cm³/mol. The third-order valence-electron chi connectivity index (χ3n) is 6.86. The number of rotatable bonds is 8. The molecule has 0 bridgehead atoms. The Hall–Kier alpha value is -4.65. The summed E-state index contributed by atoms with van der Waals surface area (Å²) in [5, 5.41) is 10.2. The minimum absolute atomic E-state index is 0.0865. The highest BCUT2D eigenvalue weighted by Crippen LogP contribution is 2.36. The molecule has 1 amide bonds. The second-order valence-corrected chi connectivity index (χ2v) is 9.51. The van der Waals surface area contributed by atoms with E-state index < -0.39 is 29.8 Å². The summed E-state index contributed by atoms with van der Waals surface area (Å²) < 4.78 is 25.7. The Morgan fingerprint density at radius 1 is 0.949 bits per heavy atom. The maximum Gasteiger partial charge on any atom is 0.326 e. The first-order valence-corrected chi connectivity index (χ1v) is 12.7. The van der Waals surface area contributed by atoms with Crippen molar-refractivity contribution in [2.75, 3.05) is 0 Å². The van der Waals surface area contributed by atoms with Crippen molar-refractivity contribution in [1.29, 1.82) is 0 Å². The van der Waals surface area contributed by atoms with E-state index in [-0.39, 0.29) is 13.0 Å². The van der Waals surface area contributed by atoms with Crippen LogP contribution in [0.3, 0.4) is 0 Å². The van der Waals surface area contributed by atoms with E-state index in [2.05, 4.69) is 0 Å². The van der Waals surface area contributed by atoms with Crippen molar-refractivity contribution < 1.29 is 28.6 Å². The first kappa shape index (κ1) is 26.0. The molecule has 0 aliphatic carbocycles. The number of carbonyl (C=O) groups excluding carboxylic acids is 1. The van der Waals surface area contributed by atoms with Gasteiger partial charge in [0.25, 0.3) is 5.91 Å². The van der Waals surface area contributed by atoms with Crippen molar-refractivity contribution >= 4 is 11.9 Å². The summed E-state index contributed by atoms with van der Waals surface area (Å²) in [6, 6.07) is 26.7. The summed E-state index contributed by atoms with van der Waals surface area (Å²) in [5.74, 6) is -1.08. The first-order chi connectivity index (χ1) is 18.9. The van der Waals surface area contributed by atoms with Crippen molar-refractivity contribution in [2.45, 2.75) is 38.6 Å². The van der Waals surface area contributed by atoms with Gasteiger partial charge < -0.3 is 19.5 Å². The molecule has 1 heterocycles. The average Bonchev–Trinajstić information content (AvgIpc) is 2.96. The molecule has 0 fully saturated rings. The second kappa shape index (κ2) is 11.4. The van der Waals surface area contributed by atoms with E-state index >= 15 is 0 Å². The molecular formula is C32H28FNO5. The van der Waals surface area contributed by atoms with Gasteiger partial charge in [0.1, 0.15) is 30.0 Å². The maximum atomic E-state index is 14.0. The van der Waals surface area contributed by atoms with Gasteiger partial charge in [0.05, 0.1) is 0 Å². The molecule has 7 heteroatoms. The lowest BCUT2D eigenvalue weighted by atomic mass is 9.90. The van der Waals surface area contributed by atoms with E-state index in [4.69, 9.17) is 9.47 Å². The Morgan fingerprint density at radius 2 is 1.62 bits per heavy atom. The zero-order chi connectivity index (χ0) is 27.4. The highest BCUT2D eigenvalue weighted by Gasteiger charge is 2.40. The number of amides is 1. The summed E-state index contributed by atoms with van der Waals surface area (Å²) in [7, 11) is 0. The number of fused-ring (bicyclic) bond motifs is 1. The smallest absolute Gasteiger partial charge is 0.326 e. The summed E-state index contributed by atoms with van der Waals surface area (Å²) in [5.41, 5.74) is 4.08. The number of benzene rings is 4. The summed E-state index contributed by atoms with van der Waals surface area (Å²) in [6.07, 6.45) is -1.01. The van der Waals surface area contributed by atoms with Gasteiger partial charge in [0.2, 0.25) is 6.10 Å².